The first-order valence-electron chi connectivity index (χ1n) is 8.35. The number of carbonyl (C=O) groups is 1. The van der Waals surface area contributed by atoms with Crippen LogP contribution in [0.4, 0.5) is 23.2 Å². The monoisotopic (exact) mass is 395 g/mol. The summed E-state index contributed by atoms with van der Waals surface area (Å²) in [5.41, 5.74) is -0.0645. The first-order valence-corrected chi connectivity index (χ1v) is 8.35. The summed E-state index contributed by atoms with van der Waals surface area (Å²) in [6, 6.07) is 6.16. The normalized spacial score (nSPS) is 12.8. The molecule has 1 atom stereocenters. The fraction of sp³-hybridized carbons (Fsp3) is 0.278. The number of halogens is 4. The summed E-state index contributed by atoms with van der Waals surface area (Å²) in [6.07, 6.45) is -1.70. The van der Waals surface area contributed by atoms with Gasteiger partial charge in [-0.15, -0.1) is 0 Å². The molecule has 0 fully saturated rings. The summed E-state index contributed by atoms with van der Waals surface area (Å²) in [7, 11) is 0. The van der Waals surface area contributed by atoms with E-state index in [4.69, 9.17) is 0 Å². The van der Waals surface area contributed by atoms with Crippen molar-refractivity contribution in [3.8, 4) is 0 Å². The highest BCUT2D eigenvalue weighted by Crippen LogP contribution is 2.29. The van der Waals surface area contributed by atoms with Gasteiger partial charge in [-0.1, -0.05) is 18.2 Å². The number of alkyl halides is 3. The van der Waals surface area contributed by atoms with Crippen LogP contribution in [-0.4, -0.2) is 25.5 Å². The van der Waals surface area contributed by atoms with Crippen LogP contribution in [-0.2, 0) is 17.5 Å². The number of hydrogen-bond acceptors (Lipinski definition) is 3. The van der Waals surface area contributed by atoms with Crippen LogP contribution in [0.5, 0.6) is 0 Å². The highest BCUT2D eigenvalue weighted by molar-refractivity contribution is 5.93. The van der Waals surface area contributed by atoms with Gasteiger partial charge in [0.2, 0.25) is 5.91 Å². The predicted molar refractivity (Wildman–Crippen MR) is 93.0 cm³/mol. The molecule has 0 aliphatic carbocycles. The van der Waals surface area contributed by atoms with Crippen LogP contribution >= 0.6 is 0 Å². The number of anilines is 1. The Bertz CT molecular complexity index is 992. The van der Waals surface area contributed by atoms with E-state index < -0.39 is 23.8 Å². The molecule has 1 unspecified atom stereocenters. The van der Waals surface area contributed by atoms with Crippen LogP contribution in [0.15, 0.2) is 42.7 Å². The van der Waals surface area contributed by atoms with E-state index in [0.717, 1.165) is 10.7 Å². The van der Waals surface area contributed by atoms with E-state index in [2.05, 4.69) is 15.5 Å². The maximum atomic E-state index is 13.7. The summed E-state index contributed by atoms with van der Waals surface area (Å²) in [6.45, 7) is 3.06. The number of amides is 1. The molecule has 2 heterocycles. The zero-order valence-electron chi connectivity index (χ0n) is 15.0. The molecule has 0 aliphatic heterocycles. The molecule has 6 nitrogen and oxygen atoms in total. The molecule has 1 aromatic carbocycles. The number of nitrogens with one attached hydrogen (secondary N) is 1. The van der Waals surface area contributed by atoms with Crippen molar-refractivity contribution in [2.75, 3.05) is 5.32 Å². The van der Waals surface area contributed by atoms with Crippen molar-refractivity contribution in [2.24, 2.45) is 0 Å². The molecule has 0 aliphatic rings. The summed E-state index contributed by atoms with van der Waals surface area (Å²) in [5, 5.41) is 10.1. The zero-order valence-corrected chi connectivity index (χ0v) is 15.0. The van der Waals surface area contributed by atoms with Crippen molar-refractivity contribution in [2.45, 2.75) is 32.6 Å². The fourth-order valence-corrected chi connectivity index (χ4v) is 2.69. The highest BCUT2D eigenvalue weighted by atomic mass is 19.4. The van der Waals surface area contributed by atoms with Gasteiger partial charge in [-0.25, -0.2) is 4.39 Å². The van der Waals surface area contributed by atoms with Gasteiger partial charge in [0, 0.05) is 17.5 Å². The van der Waals surface area contributed by atoms with Gasteiger partial charge < -0.3 is 5.32 Å². The SMILES string of the molecule is Cc1cc(C(F)(F)F)nn1C(C)C(=O)Nc1cnn(Cc2ccccc2F)c1. The lowest BCUT2D eigenvalue weighted by Crippen LogP contribution is -2.25. The van der Waals surface area contributed by atoms with Gasteiger partial charge in [0.1, 0.15) is 11.9 Å². The summed E-state index contributed by atoms with van der Waals surface area (Å²) >= 11 is 0. The molecule has 2 aromatic heterocycles. The minimum absolute atomic E-state index is 0.172. The van der Waals surface area contributed by atoms with Crippen molar-refractivity contribution in [1.29, 1.82) is 0 Å². The molecule has 10 heteroatoms. The lowest BCUT2D eigenvalue weighted by molar-refractivity contribution is -0.141. The number of benzene rings is 1. The Morgan fingerprint density at radius 3 is 2.64 bits per heavy atom. The highest BCUT2D eigenvalue weighted by Gasteiger charge is 2.35. The lowest BCUT2D eigenvalue weighted by atomic mass is 10.2. The van der Waals surface area contributed by atoms with Crippen molar-refractivity contribution in [3.05, 3.63) is 65.5 Å². The topological polar surface area (TPSA) is 64.7 Å². The number of rotatable bonds is 5. The third-order valence-electron chi connectivity index (χ3n) is 4.15. The summed E-state index contributed by atoms with van der Waals surface area (Å²) in [5.74, 6) is -0.919. The van der Waals surface area contributed by atoms with Gasteiger partial charge >= 0.3 is 6.18 Å². The largest absolute Gasteiger partial charge is 0.435 e. The van der Waals surface area contributed by atoms with Crippen LogP contribution in [0.25, 0.3) is 0 Å². The molecule has 1 N–H and O–H groups in total. The second-order valence-electron chi connectivity index (χ2n) is 6.30. The number of aryl methyl sites for hydroxylation is 1. The second kappa shape index (κ2) is 7.45. The smallest absolute Gasteiger partial charge is 0.322 e. The van der Waals surface area contributed by atoms with E-state index >= 15 is 0 Å². The minimum atomic E-state index is -4.58. The molecule has 0 saturated heterocycles. The van der Waals surface area contributed by atoms with Crippen molar-refractivity contribution < 1.29 is 22.4 Å². The average molecular weight is 395 g/mol. The summed E-state index contributed by atoms with van der Waals surface area (Å²) < 4.78 is 54.5. The van der Waals surface area contributed by atoms with Crippen molar-refractivity contribution >= 4 is 11.6 Å². The maximum absolute atomic E-state index is 13.7. The second-order valence-corrected chi connectivity index (χ2v) is 6.30. The van der Waals surface area contributed by atoms with E-state index in [1.54, 1.807) is 18.2 Å². The Balaban J connectivity index is 1.69. The van der Waals surface area contributed by atoms with E-state index in [9.17, 15) is 22.4 Å². The molecular formula is C18H17F4N5O. The van der Waals surface area contributed by atoms with Crippen LogP contribution in [0.2, 0.25) is 0 Å². The minimum Gasteiger partial charge on any atom is -0.322 e. The third-order valence-corrected chi connectivity index (χ3v) is 4.15. The number of hydrogen-bond donors (Lipinski definition) is 1. The quantitative estimate of drug-likeness (QED) is 0.669. The number of aromatic nitrogens is 4. The Hall–Kier alpha value is -3.17. The zero-order chi connectivity index (χ0) is 20.5. The van der Waals surface area contributed by atoms with Crippen LogP contribution < -0.4 is 5.32 Å². The van der Waals surface area contributed by atoms with E-state index in [-0.39, 0.29) is 18.1 Å². The Morgan fingerprint density at radius 1 is 1.29 bits per heavy atom. The number of nitrogens with zero attached hydrogens (tertiary/aromatic N) is 4. The Labute approximate surface area is 157 Å². The third kappa shape index (κ3) is 4.21. The summed E-state index contributed by atoms with van der Waals surface area (Å²) in [4.78, 5) is 12.4. The molecule has 3 rings (SSSR count). The van der Waals surface area contributed by atoms with Gasteiger partial charge in [0.15, 0.2) is 5.69 Å². The fourth-order valence-electron chi connectivity index (χ4n) is 2.69. The molecule has 0 spiro atoms. The first kappa shape index (κ1) is 19.6. The van der Waals surface area contributed by atoms with E-state index in [1.165, 1.54) is 37.0 Å². The molecule has 0 bridgehead atoms. The van der Waals surface area contributed by atoms with Crippen LogP contribution in [0.1, 0.15) is 29.9 Å². The maximum Gasteiger partial charge on any atom is 0.435 e. The standard InChI is InChI=1S/C18H17F4N5O/c1-11-7-16(18(20,21)22)25-27(11)12(2)17(28)24-14-8-23-26(10-14)9-13-5-3-4-6-15(13)19/h3-8,10,12H,9H2,1-2H3,(H,24,28). The average Bonchev–Trinajstić information content (AvgIpc) is 3.22. The Morgan fingerprint density at radius 2 is 2.00 bits per heavy atom. The molecule has 28 heavy (non-hydrogen) atoms. The molecule has 1 amide bonds. The van der Waals surface area contributed by atoms with Gasteiger partial charge in [-0.3, -0.25) is 14.2 Å². The molecular weight excluding hydrogens is 378 g/mol. The van der Waals surface area contributed by atoms with Gasteiger partial charge in [0.25, 0.3) is 0 Å². The lowest BCUT2D eigenvalue weighted by Gasteiger charge is -2.13. The van der Waals surface area contributed by atoms with E-state index in [1.807, 2.05) is 0 Å². The predicted octanol–water partition coefficient (Wildman–Crippen LogP) is 3.79. The van der Waals surface area contributed by atoms with Crippen LogP contribution in [0.3, 0.4) is 0 Å². The van der Waals surface area contributed by atoms with Gasteiger partial charge in [-0.2, -0.15) is 23.4 Å². The van der Waals surface area contributed by atoms with Crippen LogP contribution in [0, 0.1) is 12.7 Å². The number of carbonyl (C=O) groups excluding carboxylic acids is 1. The van der Waals surface area contributed by atoms with Gasteiger partial charge in [0.05, 0.1) is 18.4 Å². The van der Waals surface area contributed by atoms with Crippen molar-refractivity contribution in [1.82, 2.24) is 19.6 Å². The Kier molecular flexibility index (Phi) is 5.21. The van der Waals surface area contributed by atoms with E-state index in [0.29, 0.717) is 11.3 Å². The molecule has 148 valence electrons. The molecule has 0 saturated carbocycles. The first-order chi connectivity index (χ1) is 13.1. The molecule has 0 radical (unpaired) electrons. The molecule has 3 aromatic rings. The van der Waals surface area contributed by atoms with Gasteiger partial charge in [-0.05, 0) is 26.0 Å². The van der Waals surface area contributed by atoms with Crippen molar-refractivity contribution in [3.63, 3.8) is 0 Å².